The van der Waals surface area contributed by atoms with Crippen LogP contribution in [-0.4, -0.2) is 0 Å². The molecule has 0 radical (unpaired) electrons. The van der Waals surface area contributed by atoms with E-state index in [1.807, 2.05) is 60.8 Å². The predicted octanol–water partition coefficient (Wildman–Crippen LogP) is 6.80. The summed E-state index contributed by atoms with van der Waals surface area (Å²) in [6, 6.07) is 0. The van der Waals surface area contributed by atoms with Gasteiger partial charge in [0.25, 0.3) is 0 Å². The van der Waals surface area contributed by atoms with Crippen molar-refractivity contribution in [1.82, 2.24) is 0 Å². The van der Waals surface area contributed by atoms with Gasteiger partial charge in [-0.15, -0.1) is 6.92 Å². The van der Waals surface area contributed by atoms with Gasteiger partial charge in [-0.05, 0) is 0 Å². The average Bonchev–Trinajstić information content (AvgIpc) is 2.45. The molecule has 0 spiro atoms. The molecule has 0 saturated heterocycles. The monoisotopic (exact) mass is 312 g/mol. The van der Waals surface area contributed by atoms with Crippen molar-refractivity contribution in [3.8, 4) is 0 Å². The summed E-state index contributed by atoms with van der Waals surface area (Å²) in [5.74, 6) is 0. The van der Waals surface area contributed by atoms with Gasteiger partial charge >= 0.3 is 21.7 Å². The van der Waals surface area contributed by atoms with Crippen LogP contribution < -0.4 is 0 Å². The predicted molar refractivity (Wildman–Crippen MR) is 91.5 cm³/mol. The third-order valence-corrected chi connectivity index (χ3v) is 2.56. The summed E-state index contributed by atoms with van der Waals surface area (Å²) >= 11 is 0. The van der Waals surface area contributed by atoms with Crippen molar-refractivity contribution in [2.75, 3.05) is 0 Å². The van der Waals surface area contributed by atoms with Crippen LogP contribution in [-0.2, 0) is 21.7 Å². The Bertz CT molecular complexity index is 252. The zero-order valence-corrected chi connectivity index (χ0v) is 17.3. The van der Waals surface area contributed by atoms with E-state index in [0.717, 1.165) is 0 Å². The van der Waals surface area contributed by atoms with E-state index in [0.29, 0.717) is 0 Å². The van der Waals surface area contributed by atoms with Gasteiger partial charge in [0, 0.05) is 0 Å². The van der Waals surface area contributed by atoms with Gasteiger partial charge in [0.05, 0.1) is 0 Å². The van der Waals surface area contributed by atoms with Crippen molar-refractivity contribution < 1.29 is 21.7 Å². The van der Waals surface area contributed by atoms with Gasteiger partial charge in [-0.3, -0.25) is 6.08 Å². The van der Waals surface area contributed by atoms with Crippen molar-refractivity contribution in [2.24, 2.45) is 5.41 Å². The average molecular weight is 312 g/mol. The summed E-state index contributed by atoms with van der Waals surface area (Å²) in [6.45, 7) is 22.9. The molecule has 0 fully saturated rings. The molecule has 0 aromatic heterocycles. The Morgan fingerprint density at radius 2 is 1.00 bits per heavy atom. The van der Waals surface area contributed by atoms with E-state index >= 15 is 0 Å². The van der Waals surface area contributed by atoms with E-state index in [4.69, 9.17) is 0 Å². The molecule has 0 nitrogen and oxygen atoms in total. The summed E-state index contributed by atoms with van der Waals surface area (Å²) < 4.78 is 0. The molecule has 0 bridgehead atoms. The summed E-state index contributed by atoms with van der Waals surface area (Å²) in [6.07, 6.45) is 9.44. The van der Waals surface area contributed by atoms with Crippen molar-refractivity contribution in [3.63, 3.8) is 0 Å². The fourth-order valence-electron chi connectivity index (χ4n) is 1.41. The Hall–Kier alpha value is 0.194. The standard InChI is InChI=1S/C10H15.3C3H7.Ti/c1-7-6-10(4,5)9(3)8(7)2;3*1-3-2;/h1-5H3;3*3H,1-2H3;/q4*-1;+4. The maximum atomic E-state index is 3.44. The quantitative estimate of drug-likeness (QED) is 0.341. The second kappa shape index (κ2) is 17.2. The van der Waals surface area contributed by atoms with Gasteiger partial charge in [-0.1, -0.05) is 33.1 Å². The van der Waals surface area contributed by atoms with E-state index in [-0.39, 0.29) is 27.1 Å². The minimum Gasteiger partial charge on any atom is -0.335 e. The van der Waals surface area contributed by atoms with Gasteiger partial charge in [-0.25, -0.2) is 5.57 Å². The van der Waals surface area contributed by atoms with Crippen LogP contribution in [0.25, 0.3) is 0 Å². The normalized spacial score (nSPS) is 14.4. The first-order valence-corrected chi connectivity index (χ1v) is 7.21. The molecule has 0 aromatic rings. The zero-order valence-electron chi connectivity index (χ0n) is 15.7. The summed E-state index contributed by atoms with van der Waals surface area (Å²) in [5, 5.41) is 0. The fourth-order valence-corrected chi connectivity index (χ4v) is 1.41. The first-order valence-electron chi connectivity index (χ1n) is 7.21. The van der Waals surface area contributed by atoms with Crippen LogP contribution in [0.5, 0.6) is 0 Å². The summed E-state index contributed by atoms with van der Waals surface area (Å²) in [4.78, 5) is 0. The molecule has 0 saturated carbocycles. The molecule has 116 valence electrons. The second-order valence-electron chi connectivity index (χ2n) is 5.36. The van der Waals surface area contributed by atoms with Crippen molar-refractivity contribution >= 4 is 0 Å². The molecule has 1 aliphatic carbocycles. The van der Waals surface area contributed by atoms with Gasteiger partial charge in [0.2, 0.25) is 0 Å². The largest absolute Gasteiger partial charge is 4.00 e. The maximum absolute atomic E-state index is 3.44. The van der Waals surface area contributed by atoms with E-state index in [9.17, 15) is 0 Å². The van der Waals surface area contributed by atoms with E-state index in [1.54, 1.807) is 0 Å². The fraction of sp³-hybridized carbons (Fsp3) is 0.632. The van der Waals surface area contributed by atoms with E-state index < -0.39 is 0 Å². The van der Waals surface area contributed by atoms with Crippen LogP contribution >= 0.6 is 0 Å². The minimum atomic E-state index is 0. The van der Waals surface area contributed by atoms with Gasteiger partial charge in [0.15, 0.2) is 0 Å². The second-order valence-corrected chi connectivity index (χ2v) is 5.36. The molecule has 0 aliphatic heterocycles. The first kappa shape index (κ1) is 28.4. The molecular formula is C19H36Ti. The molecule has 0 heterocycles. The summed E-state index contributed by atoms with van der Waals surface area (Å²) in [7, 11) is 0. The Kier molecular flexibility index (Phi) is 24.5. The Balaban J connectivity index is -0.000000108. The SMILES string of the molecule is CC1=[C-]C(C)(C)C(C)=C1C.C[CH-]C.C[CH-]C.C[CH-]C.[Ti+4]. The zero-order chi connectivity index (χ0) is 16.1. The minimum absolute atomic E-state index is 0. The van der Waals surface area contributed by atoms with Crippen molar-refractivity contribution in [3.05, 3.63) is 42.1 Å². The van der Waals surface area contributed by atoms with E-state index in [1.165, 1.54) is 16.7 Å². The summed E-state index contributed by atoms with van der Waals surface area (Å²) in [5.41, 5.74) is 4.39. The third-order valence-electron chi connectivity index (χ3n) is 2.56. The van der Waals surface area contributed by atoms with Gasteiger partial charge < -0.3 is 19.3 Å². The van der Waals surface area contributed by atoms with Crippen LogP contribution in [0.1, 0.15) is 76.2 Å². The molecule has 1 aliphatic rings. The number of rotatable bonds is 0. The van der Waals surface area contributed by atoms with Crippen molar-refractivity contribution in [1.29, 1.82) is 0 Å². The van der Waals surface area contributed by atoms with Crippen LogP contribution in [0.15, 0.2) is 16.7 Å². The van der Waals surface area contributed by atoms with Crippen molar-refractivity contribution in [2.45, 2.75) is 76.2 Å². The molecule has 0 atom stereocenters. The number of hydrogen-bond acceptors (Lipinski definition) is 0. The Morgan fingerprint density at radius 3 is 1.05 bits per heavy atom. The molecule has 0 aromatic carbocycles. The van der Waals surface area contributed by atoms with Crippen LogP contribution in [0.4, 0.5) is 0 Å². The Labute approximate surface area is 145 Å². The Morgan fingerprint density at radius 1 is 0.750 bits per heavy atom. The number of hydrogen-bond donors (Lipinski definition) is 0. The number of allylic oxidation sites excluding steroid dienone is 4. The maximum Gasteiger partial charge on any atom is 4.00 e. The van der Waals surface area contributed by atoms with Crippen LogP contribution in [0.2, 0.25) is 0 Å². The van der Waals surface area contributed by atoms with Crippen LogP contribution in [0, 0.1) is 30.8 Å². The molecule has 1 rings (SSSR count). The molecule has 0 amide bonds. The molecule has 0 N–H and O–H groups in total. The molecule has 0 unspecified atom stereocenters. The molecule has 20 heavy (non-hydrogen) atoms. The topological polar surface area (TPSA) is 0 Å². The first-order chi connectivity index (χ1) is 8.69. The molecular weight excluding hydrogens is 276 g/mol. The smallest absolute Gasteiger partial charge is 0.335 e. The molecule has 1 heteroatoms. The van der Waals surface area contributed by atoms with Gasteiger partial charge in [-0.2, -0.15) is 52.7 Å². The third kappa shape index (κ3) is 14.6. The van der Waals surface area contributed by atoms with E-state index in [2.05, 4.69) is 40.7 Å². The van der Waals surface area contributed by atoms with Gasteiger partial charge in [0.1, 0.15) is 0 Å². The van der Waals surface area contributed by atoms with Crippen LogP contribution in [0.3, 0.4) is 0 Å².